The van der Waals surface area contributed by atoms with Gasteiger partial charge in [0.2, 0.25) is 21.9 Å². The molecule has 1 fully saturated rings. The average molecular weight is 552 g/mol. The third kappa shape index (κ3) is 6.35. The SMILES string of the molecule is COc1cccc(-c2nnc(NS(=O)(=O)[C@@H](C)[C@H](OC)c3ncc(Cl)cn3)n2C[C@@H]2CCC[C@H](C)O2)n1. The molecule has 0 amide bonds. The molecule has 3 aromatic rings. The Labute approximate surface area is 220 Å². The molecule has 37 heavy (non-hydrogen) atoms. The maximum absolute atomic E-state index is 13.5. The summed E-state index contributed by atoms with van der Waals surface area (Å²) in [6.07, 6.45) is 4.61. The molecule has 200 valence electrons. The number of anilines is 1. The first-order valence-electron chi connectivity index (χ1n) is 11.8. The molecule has 0 aromatic carbocycles. The predicted octanol–water partition coefficient (Wildman–Crippen LogP) is 3.27. The lowest BCUT2D eigenvalue weighted by molar-refractivity contribution is -0.0467. The highest BCUT2D eigenvalue weighted by molar-refractivity contribution is 7.93. The summed E-state index contributed by atoms with van der Waals surface area (Å²) in [7, 11) is -1.12. The molecule has 4 atom stereocenters. The molecule has 0 unspecified atom stereocenters. The summed E-state index contributed by atoms with van der Waals surface area (Å²) in [5.74, 6) is 1.02. The molecule has 0 radical (unpaired) electrons. The lowest BCUT2D eigenvalue weighted by Gasteiger charge is -2.29. The van der Waals surface area contributed by atoms with Gasteiger partial charge >= 0.3 is 0 Å². The molecule has 14 heteroatoms. The second kappa shape index (κ2) is 11.7. The number of hydrogen-bond donors (Lipinski definition) is 1. The first kappa shape index (κ1) is 27.2. The first-order chi connectivity index (χ1) is 17.7. The number of ether oxygens (including phenoxy) is 3. The summed E-state index contributed by atoms with van der Waals surface area (Å²) < 4.78 is 48.0. The van der Waals surface area contributed by atoms with Gasteiger partial charge in [-0.2, -0.15) is 0 Å². The van der Waals surface area contributed by atoms with Crippen LogP contribution in [0.2, 0.25) is 5.02 Å². The topological polar surface area (TPSA) is 143 Å². The van der Waals surface area contributed by atoms with Gasteiger partial charge in [0.15, 0.2) is 11.6 Å². The minimum atomic E-state index is -4.04. The number of pyridine rings is 1. The Morgan fingerprint density at radius 2 is 1.97 bits per heavy atom. The van der Waals surface area contributed by atoms with E-state index in [0.29, 0.717) is 29.0 Å². The number of sulfonamides is 1. The Hall–Kier alpha value is -2.87. The van der Waals surface area contributed by atoms with Crippen LogP contribution in [-0.2, 0) is 26.0 Å². The number of methoxy groups -OCH3 is 2. The molecular formula is C23H30ClN7O5S. The maximum atomic E-state index is 13.5. The quantitative estimate of drug-likeness (QED) is 0.398. The van der Waals surface area contributed by atoms with Crippen molar-refractivity contribution in [3.63, 3.8) is 0 Å². The largest absolute Gasteiger partial charge is 0.481 e. The van der Waals surface area contributed by atoms with E-state index in [1.807, 2.05) is 6.92 Å². The molecule has 4 heterocycles. The minimum absolute atomic E-state index is 0.0418. The van der Waals surface area contributed by atoms with Gasteiger partial charge in [0, 0.05) is 25.6 Å². The van der Waals surface area contributed by atoms with Crippen molar-refractivity contribution < 1.29 is 22.6 Å². The van der Waals surface area contributed by atoms with Crippen LogP contribution < -0.4 is 9.46 Å². The fraction of sp³-hybridized carbons (Fsp3) is 0.522. The highest BCUT2D eigenvalue weighted by Gasteiger charge is 2.35. The zero-order valence-corrected chi connectivity index (χ0v) is 22.6. The molecule has 1 saturated heterocycles. The van der Waals surface area contributed by atoms with Gasteiger partial charge in [-0.05, 0) is 39.2 Å². The van der Waals surface area contributed by atoms with Crippen molar-refractivity contribution in [2.75, 3.05) is 18.9 Å². The number of rotatable bonds is 10. The normalized spacial score (nSPS) is 19.8. The van der Waals surface area contributed by atoms with Gasteiger partial charge in [0.05, 0.1) is 30.9 Å². The molecule has 1 aliphatic heterocycles. The second-order valence-electron chi connectivity index (χ2n) is 8.79. The fourth-order valence-corrected chi connectivity index (χ4v) is 5.44. The van der Waals surface area contributed by atoms with E-state index < -0.39 is 21.4 Å². The smallest absolute Gasteiger partial charge is 0.240 e. The van der Waals surface area contributed by atoms with Crippen LogP contribution in [0.3, 0.4) is 0 Å². The molecule has 0 spiro atoms. The minimum Gasteiger partial charge on any atom is -0.481 e. The van der Waals surface area contributed by atoms with Gasteiger partial charge < -0.3 is 14.2 Å². The molecule has 0 saturated carbocycles. The number of aromatic nitrogens is 6. The average Bonchev–Trinajstić information content (AvgIpc) is 3.26. The van der Waals surface area contributed by atoms with Gasteiger partial charge in [0.1, 0.15) is 17.0 Å². The van der Waals surface area contributed by atoms with Crippen LogP contribution in [0, 0.1) is 0 Å². The molecule has 1 aliphatic rings. The number of nitrogens with zero attached hydrogens (tertiary/aromatic N) is 6. The van der Waals surface area contributed by atoms with E-state index in [-0.39, 0.29) is 24.0 Å². The van der Waals surface area contributed by atoms with Crippen molar-refractivity contribution in [2.45, 2.75) is 63.2 Å². The van der Waals surface area contributed by atoms with E-state index in [4.69, 9.17) is 25.8 Å². The highest BCUT2D eigenvalue weighted by Crippen LogP contribution is 2.28. The number of nitrogens with one attached hydrogen (secondary N) is 1. The van der Waals surface area contributed by atoms with Gasteiger partial charge in [-0.15, -0.1) is 10.2 Å². The molecule has 3 aromatic heterocycles. The lowest BCUT2D eigenvalue weighted by atomic mass is 10.0. The van der Waals surface area contributed by atoms with Crippen molar-refractivity contribution in [1.29, 1.82) is 0 Å². The maximum Gasteiger partial charge on any atom is 0.240 e. The molecule has 0 bridgehead atoms. The predicted molar refractivity (Wildman–Crippen MR) is 137 cm³/mol. The van der Waals surface area contributed by atoms with Crippen LogP contribution in [0.1, 0.15) is 45.0 Å². The van der Waals surface area contributed by atoms with Crippen molar-refractivity contribution in [2.24, 2.45) is 0 Å². The van der Waals surface area contributed by atoms with E-state index in [1.54, 1.807) is 22.8 Å². The number of hydrogen-bond acceptors (Lipinski definition) is 10. The van der Waals surface area contributed by atoms with Crippen molar-refractivity contribution in [3.8, 4) is 17.4 Å². The Bertz CT molecular complexity index is 1310. The molecular weight excluding hydrogens is 522 g/mol. The van der Waals surface area contributed by atoms with Crippen LogP contribution >= 0.6 is 11.6 Å². The van der Waals surface area contributed by atoms with Crippen LogP contribution in [0.25, 0.3) is 11.5 Å². The van der Waals surface area contributed by atoms with E-state index in [1.165, 1.54) is 33.5 Å². The van der Waals surface area contributed by atoms with Crippen LogP contribution in [0.4, 0.5) is 5.95 Å². The second-order valence-corrected chi connectivity index (χ2v) is 11.3. The highest BCUT2D eigenvalue weighted by atomic mass is 35.5. The summed E-state index contributed by atoms with van der Waals surface area (Å²) in [4.78, 5) is 12.7. The van der Waals surface area contributed by atoms with Crippen LogP contribution in [0.5, 0.6) is 5.88 Å². The Balaban J connectivity index is 1.67. The van der Waals surface area contributed by atoms with Gasteiger partial charge in [-0.1, -0.05) is 17.7 Å². The number of halogens is 1. The fourth-order valence-electron chi connectivity index (χ4n) is 4.19. The third-order valence-electron chi connectivity index (χ3n) is 6.16. The zero-order valence-electron chi connectivity index (χ0n) is 21.0. The Morgan fingerprint density at radius 3 is 2.65 bits per heavy atom. The standard InChI is InChI=1S/C23H30ClN7O5S/c1-14-7-5-8-17(36-14)13-31-22(18-9-6-10-19(27-18)34-3)28-29-23(31)30-37(32,33)15(2)20(35-4)21-25-11-16(24)12-26-21/h6,9-12,14-15,17,20H,5,7-8,13H2,1-4H3,(H,29,30)/t14-,15-,17-,20-/m0/s1. The zero-order chi connectivity index (χ0) is 26.6. The monoisotopic (exact) mass is 551 g/mol. The van der Waals surface area contributed by atoms with Gasteiger partial charge in [-0.3, -0.25) is 9.29 Å². The molecule has 0 aliphatic carbocycles. The van der Waals surface area contributed by atoms with Crippen LogP contribution in [0.15, 0.2) is 30.6 Å². The summed E-state index contributed by atoms with van der Waals surface area (Å²) in [6, 6.07) is 5.25. The summed E-state index contributed by atoms with van der Waals surface area (Å²) in [5, 5.41) is 7.69. The van der Waals surface area contributed by atoms with Crippen molar-refractivity contribution in [3.05, 3.63) is 41.4 Å². The lowest BCUT2D eigenvalue weighted by Crippen LogP contribution is -2.34. The van der Waals surface area contributed by atoms with E-state index >= 15 is 0 Å². The summed E-state index contributed by atoms with van der Waals surface area (Å²) in [6.45, 7) is 3.87. The molecule has 4 rings (SSSR count). The van der Waals surface area contributed by atoms with Crippen molar-refractivity contribution in [1.82, 2.24) is 29.7 Å². The van der Waals surface area contributed by atoms with Crippen LogP contribution in [-0.4, -0.2) is 69.8 Å². The van der Waals surface area contributed by atoms with Gasteiger partial charge in [0.25, 0.3) is 0 Å². The van der Waals surface area contributed by atoms with Gasteiger partial charge in [-0.25, -0.2) is 23.4 Å². The van der Waals surface area contributed by atoms with Crippen molar-refractivity contribution >= 4 is 27.6 Å². The van der Waals surface area contributed by atoms with E-state index in [9.17, 15) is 8.42 Å². The first-order valence-corrected chi connectivity index (χ1v) is 13.8. The molecule has 12 nitrogen and oxygen atoms in total. The van der Waals surface area contributed by atoms with E-state index in [2.05, 4.69) is 29.9 Å². The molecule has 1 N–H and O–H groups in total. The van der Waals surface area contributed by atoms with E-state index in [0.717, 1.165) is 19.3 Å². The third-order valence-corrected chi connectivity index (χ3v) is 8.05. The summed E-state index contributed by atoms with van der Waals surface area (Å²) in [5.41, 5.74) is 0.485. The summed E-state index contributed by atoms with van der Waals surface area (Å²) >= 11 is 5.88. The Kier molecular flexibility index (Phi) is 8.57. The Morgan fingerprint density at radius 1 is 1.22 bits per heavy atom.